The summed E-state index contributed by atoms with van der Waals surface area (Å²) in [4.78, 5) is 4.58. The van der Waals surface area contributed by atoms with Crippen LogP contribution < -0.4 is 10.6 Å². The molecule has 4 nitrogen and oxygen atoms in total. The third kappa shape index (κ3) is 8.09. The molecule has 2 N–H and O–H groups in total. The summed E-state index contributed by atoms with van der Waals surface area (Å²) in [5.74, 6) is 2.38. The number of aliphatic imine (C=N–C) groups is 1. The van der Waals surface area contributed by atoms with Crippen LogP contribution in [0, 0.1) is 11.8 Å². The van der Waals surface area contributed by atoms with Crippen molar-refractivity contribution in [3.63, 3.8) is 0 Å². The topological polar surface area (TPSA) is 45.7 Å². The summed E-state index contributed by atoms with van der Waals surface area (Å²) < 4.78 is 5.61. The van der Waals surface area contributed by atoms with Crippen LogP contribution >= 0.6 is 0 Å². The van der Waals surface area contributed by atoms with E-state index in [1.807, 2.05) is 0 Å². The van der Waals surface area contributed by atoms with Crippen molar-refractivity contribution < 1.29 is 4.74 Å². The maximum absolute atomic E-state index is 5.61. The van der Waals surface area contributed by atoms with E-state index in [2.05, 4.69) is 43.3 Å². The van der Waals surface area contributed by atoms with Gasteiger partial charge in [-0.2, -0.15) is 0 Å². The van der Waals surface area contributed by atoms with Gasteiger partial charge in [0.1, 0.15) is 0 Å². The van der Waals surface area contributed by atoms with E-state index in [1.165, 1.54) is 12.8 Å². The van der Waals surface area contributed by atoms with Crippen LogP contribution in [0.3, 0.4) is 0 Å². The minimum absolute atomic E-state index is 0.434. The molecule has 0 spiro atoms. The molecule has 0 aromatic heterocycles. The first-order chi connectivity index (χ1) is 9.13. The predicted molar refractivity (Wildman–Crippen MR) is 81.6 cm³/mol. The van der Waals surface area contributed by atoms with E-state index in [-0.39, 0.29) is 0 Å². The minimum atomic E-state index is 0.434. The lowest BCUT2D eigenvalue weighted by atomic mass is 10.1. The second-order valence-corrected chi connectivity index (χ2v) is 5.81. The van der Waals surface area contributed by atoms with Crippen molar-refractivity contribution in [2.75, 3.05) is 26.3 Å². The number of nitrogens with one attached hydrogen (secondary N) is 2. The third-order valence-electron chi connectivity index (χ3n) is 3.48. The highest BCUT2D eigenvalue weighted by Gasteiger charge is 2.20. The number of ether oxygens (including phenoxy) is 1. The van der Waals surface area contributed by atoms with Gasteiger partial charge in [0.2, 0.25) is 0 Å². The molecule has 0 bridgehead atoms. The first kappa shape index (κ1) is 16.3. The molecule has 0 amide bonds. The second-order valence-electron chi connectivity index (χ2n) is 5.81. The Morgan fingerprint density at radius 1 is 1.32 bits per heavy atom. The summed E-state index contributed by atoms with van der Waals surface area (Å²) in [7, 11) is 0. The van der Waals surface area contributed by atoms with Gasteiger partial charge in [-0.25, -0.2) is 0 Å². The molecule has 1 aliphatic rings. The number of hydrogen-bond donors (Lipinski definition) is 2. The fourth-order valence-electron chi connectivity index (χ4n) is 1.59. The van der Waals surface area contributed by atoms with E-state index in [0.29, 0.717) is 12.0 Å². The smallest absolute Gasteiger partial charge is 0.191 e. The SMILES string of the molecule is CCNC(=NCCCOCC1CC1)NC(C)C(C)C. The van der Waals surface area contributed by atoms with Crippen molar-refractivity contribution >= 4 is 5.96 Å². The molecule has 1 aliphatic carbocycles. The van der Waals surface area contributed by atoms with E-state index >= 15 is 0 Å². The van der Waals surface area contributed by atoms with E-state index in [1.54, 1.807) is 0 Å². The Kier molecular flexibility index (Phi) is 7.87. The highest BCUT2D eigenvalue weighted by atomic mass is 16.5. The van der Waals surface area contributed by atoms with Gasteiger partial charge in [0.15, 0.2) is 5.96 Å². The molecule has 1 saturated carbocycles. The Balaban J connectivity index is 2.14. The van der Waals surface area contributed by atoms with Crippen LogP contribution in [0.5, 0.6) is 0 Å². The van der Waals surface area contributed by atoms with E-state index < -0.39 is 0 Å². The van der Waals surface area contributed by atoms with Crippen LogP contribution in [0.2, 0.25) is 0 Å². The molecule has 0 heterocycles. The Morgan fingerprint density at radius 2 is 2.05 bits per heavy atom. The zero-order valence-electron chi connectivity index (χ0n) is 13.0. The van der Waals surface area contributed by atoms with Gasteiger partial charge in [-0.15, -0.1) is 0 Å². The molecular weight excluding hydrogens is 238 g/mol. The molecule has 0 aliphatic heterocycles. The van der Waals surface area contributed by atoms with E-state index in [4.69, 9.17) is 4.74 Å². The number of rotatable bonds is 9. The summed E-state index contributed by atoms with van der Waals surface area (Å²) in [6, 6.07) is 0.434. The van der Waals surface area contributed by atoms with Gasteiger partial charge in [0, 0.05) is 32.3 Å². The van der Waals surface area contributed by atoms with E-state index in [9.17, 15) is 0 Å². The lowest BCUT2D eigenvalue weighted by molar-refractivity contribution is 0.123. The molecule has 1 atom stereocenters. The molecule has 1 fully saturated rings. The molecular formula is C15H31N3O. The largest absolute Gasteiger partial charge is 0.381 e. The quantitative estimate of drug-likeness (QED) is 0.384. The predicted octanol–water partition coefficient (Wildman–Crippen LogP) is 2.40. The fraction of sp³-hybridized carbons (Fsp3) is 0.933. The number of nitrogens with zero attached hydrogens (tertiary/aromatic N) is 1. The van der Waals surface area contributed by atoms with E-state index in [0.717, 1.165) is 44.6 Å². The molecule has 4 heteroatoms. The molecule has 0 radical (unpaired) electrons. The van der Waals surface area contributed by atoms with Gasteiger partial charge in [-0.05, 0) is 44.9 Å². The maximum Gasteiger partial charge on any atom is 0.191 e. The number of guanidine groups is 1. The van der Waals surface area contributed by atoms with Crippen LogP contribution in [-0.2, 0) is 4.74 Å². The third-order valence-corrected chi connectivity index (χ3v) is 3.48. The molecule has 0 saturated heterocycles. The van der Waals surface area contributed by atoms with Crippen molar-refractivity contribution in [2.24, 2.45) is 16.8 Å². The van der Waals surface area contributed by atoms with Crippen LogP contribution in [-0.4, -0.2) is 38.3 Å². The molecule has 0 aromatic rings. The van der Waals surface area contributed by atoms with Crippen molar-refractivity contribution in [3.05, 3.63) is 0 Å². The summed E-state index contributed by atoms with van der Waals surface area (Å²) in [6.45, 7) is 12.2. The van der Waals surface area contributed by atoms with Crippen LogP contribution in [0.1, 0.15) is 47.0 Å². The Morgan fingerprint density at radius 3 is 2.63 bits per heavy atom. The van der Waals surface area contributed by atoms with Gasteiger partial charge >= 0.3 is 0 Å². The Bertz CT molecular complexity index is 262. The fourth-order valence-corrected chi connectivity index (χ4v) is 1.59. The zero-order valence-corrected chi connectivity index (χ0v) is 13.0. The van der Waals surface area contributed by atoms with Gasteiger partial charge in [-0.3, -0.25) is 4.99 Å². The summed E-state index contributed by atoms with van der Waals surface area (Å²) in [5.41, 5.74) is 0. The summed E-state index contributed by atoms with van der Waals surface area (Å²) >= 11 is 0. The first-order valence-corrected chi connectivity index (χ1v) is 7.76. The average Bonchev–Trinajstić information content (AvgIpc) is 3.17. The molecule has 1 unspecified atom stereocenters. The zero-order chi connectivity index (χ0) is 14.1. The Hall–Kier alpha value is -0.770. The van der Waals surface area contributed by atoms with Crippen LogP contribution in [0.15, 0.2) is 4.99 Å². The van der Waals surface area contributed by atoms with Crippen molar-refractivity contribution in [1.82, 2.24) is 10.6 Å². The molecule has 0 aromatic carbocycles. The molecule has 1 rings (SSSR count). The van der Waals surface area contributed by atoms with Crippen LogP contribution in [0.25, 0.3) is 0 Å². The van der Waals surface area contributed by atoms with Gasteiger partial charge in [0.05, 0.1) is 0 Å². The first-order valence-electron chi connectivity index (χ1n) is 7.76. The lowest BCUT2D eigenvalue weighted by Gasteiger charge is -2.20. The molecule has 19 heavy (non-hydrogen) atoms. The average molecular weight is 269 g/mol. The summed E-state index contributed by atoms with van der Waals surface area (Å²) in [6.07, 6.45) is 3.72. The minimum Gasteiger partial charge on any atom is -0.381 e. The standard InChI is InChI=1S/C15H31N3O/c1-5-16-15(18-13(4)12(2)3)17-9-6-10-19-11-14-7-8-14/h12-14H,5-11H2,1-4H3,(H2,16,17,18). The molecule has 112 valence electrons. The van der Waals surface area contributed by atoms with Gasteiger partial charge in [-0.1, -0.05) is 13.8 Å². The van der Waals surface area contributed by atoms with Crippen molar-refractivity contribution in [3.8, 4) is 0 Å². The highest BCUT2D eigenvalue weighted by molar-refractivity contribution is 5.80. The van der Waals surface area contributed by atoms with Crippen molar-refractivity contribution in [2.45, 2.75) is 53.0 Å². The lowest BCUT2D eigenvalue weighted by Crippen LogP contribution is -2.44. The highest BCUT2D eigenvalue weighted by Crippen LogP contribution is 2.28. The monoisotopic (exact) mass is 269 g/mol. The second kappa shape index (κ2) is 9.18. The normalized spacial score (nSPS) is 17.6. The Labute approximate surface area is 118 Å². The van der Waals surface area contributed by atoms with Gasteiger partial charge in [0.25, 0.3) is 0 Å². The summed E-state index contributed by atoms with van der Waals surface area (Å²) in [5, 5.41) is 6.72. The number of hydrogen-bond acceptors (Lipinski definition) is 2. The maximum atomic E-state index is 5.61. The van der Waals surface area contributed by atoms with Crippen molar-refractivity contribution in [1.29, 1.82) is 0 Å². The van der Waals surface area contributed by atoms with Gasteiger partial charge < -0.3 is 15.4 Å². The van der Waals surface area contributed by atoms with Crippen LogP contribution in [0.4, 0.5) is 0 Å².